The summed E-state index contributed by atoms with van der Waals surface area (Å²) in [6, 6.07) is 2.73. The van der Waals surface area contributed by atoms with Crippen LogP contribution in [-0.2, 0) is 0 Å². The van der Waals surface area contributed by atoms with Gasteiger partial charge in [0.25, 0.3) is 0 Å². The molecule has 0 unspecified atom stereocenters. The third-order valence-corrected chi connectivity index (χ3v) is 4.08. The van der Waals surface area contributed by atoms with Crippen molar-refractivity contribution in [2.45, 2.75) is 42.6 Å². The first kappa shape index (κ1) is 12.5. The van der Waals surface area contributed by atoms with Gasteiger partial charge in [0.1, 0.15) is 4.84 Å². The van der Waals surface area contributed by atoms with Crippen molar-refractivity contribution < 1.29 is 0 Å². The lowest BCUT2D eigenvalue weighted by Crippen LogP contribution is -1.89. The van der Waals surface area contributed by atoms with Gasteiger partial charge in [0.15, 0.2) is 0 Å². The van der Waals surface area contributed by atoms with Crippen LogP contribution in [0.2, 0.25) is 12.1 Å². The maximum Gasteiger partial charge on any atom is 0.107 e. The van der Waals surface area contributed by atoms with E-state index < -0.39 is 0 Å². The summed E-state index contributed by atoms with van der Waals surface area (Å²) in [7, 11) is 0.180. The highest BCUT2D eigenvalue weighted by molar-refractivity contribution is 6.44. The van der Waals surface area contributed by atoms with Crippen molar-refractivity contribution in [2.75, 3.05) is 0 Å². The van der Waals surface area contributed by atoms with E-state index in [1.165, 1.54) is 31.4 Å². The lowest BCUT2D eigenvalue weighted by atomic mass is 10.2. The summed E-state index contributed by atoms with van der Waals surface area (Å²) in [4.78, 5) is -0.157. The van der Waals surface area contributed by atoms with E-state index in [2.05, 4.69) is 6.58 Å². The molecule has 0 aromatic rings. The van der Waals surface area contributed by atoms with Crippen molar-refractivity contribution >= 4 is 32.7 Å². The summed E-state index contributed by atoms with van der Waals surface area (Å²) in [5.41, 5.74) is 0. The van der Waals surface area contributed by atoms with E-state index >= 15 is 0 Å². The molecule has 0 N–H and O–H groups in total. The molecule has 0 nitrogen and oxygen atoms in total. The molecule has 0 atom stereocenters. The zero-order valence-electron chi connectivity index (χ0n) is 7.57. The van der Waals surface area contributed by atoms with Crippen LogP contribution >= 0.6 is 23.2 Å². The van der Waals surface area contributed by atoms with Crippen LogP contribution in [-0.4, -0.2) is 14.4 Å². The van der Waals surface area contributed by atoms with Crippen LogP contribution in [0.5, 0.6) is 0 Å². The number of halogens is 2. The van der Waals surface area contributed by atoms with Crippen molar-refractivity contribution in [3.63, 3.8) is 0 Å². The van der Waals surface area contributed by atoms with E-state index in [0.29, 0.717) is 0 Å². The van der Waals surface area contributed by atoms with Crippen LogP contribution in [0.4, 0.5) is 0 Å². The normalized spacial score (nSPS) is 11.6. The maximum absolute atomic E-state index is 5.60. The first-order valence-corrected chi connectivity index (χ1v) is 7.53. The minimum Gasteiger partial charge on any atom is -0.105 e. The number of alkyl halides is 2. The Labute approximate surface area is 88.2 Å². The van der Waals surface area contributed by atoms with Gasteiger partial charge in [-0.15, -0.1) is 29.8 Å². The van der Waals surface area contributed by atoms with E-state index in [9.17, 15) is 0 Å². The molecule has 0 saturated heterocycles. The van der Waals surface area contributed by atoms with Crippen LogP contribution in [0.25, 0.3) is 0 Å². The van der Waals surface area contributed by atoms with Gasteiger partial charge >= 0.3 is 0 Å². The van der Waals surface area contributed by atoms with Crippen LogP contribution in [0, 0.1) is 0 Å². The van der Waals surface area contributed by atoms with E-state index in [4.69, 9.17) is 23.2 Å². The molecule has 0 aliphatic rings. The topological polar surface area (TPSA) is 0 Å². The Kier molecular flexibility index (Phi) is 10.1. The standard InChI is InChI=1S/C9H18Cl2Si/c1-2-7-12-8-5-3-4-6-9(10)11/h2,9H,1,3-8,12H2. The minimum absolute atomic E-state index is 0.157. The van der Waals surface area contributed by atoms with Gasteiger partial charge in [-0.2, -0.15) is 0 Å². The van der Waals surface area contributed by atoms with Gasteiger partial charge in [0.2, 0.25) is 0 Å². The molecule has 0 aromatic heterocycles. The van der Waals surface area contributed by atoms with Crippen molar-refractivity contribution in [3.05, 3.63) is 12.7 Å². The van der Waals surface area contributed by atoms with E-state index in [-0.39, 0.29) is 14.4 Å². The predicted octanol–water partition coefficient (Wildman–Crippen LogP) is 3.54. The molecule has 12 heavy (non-hydrogen) atoms. The summed E-state index contributed by atoms with van der Waals surface area (Å²) in [6.07, 6.45) is 6.83. The number of allylic oxidation sites excluding steroid dienone is 1. The SMILES string of the molecule is C=CC[SiH2]CCCCCC(Cl)Cl. The molecular weight excluding hydrogens is 207 g/mol. The molecule has 0 amide bonds. The van der Waals surface area contributed by atoms with Crippen LogP contribution in [0.1, 0.15) is 25.7 Å². The van der Waals surface area contributed by atoms with Gasteiger partial charge in [-0.1, -0.05) is 31.4 Å². The third kappa shape index (κ3) is 10.5. The minimum atomic E-state index is -0.157. The highest BCUT2D eigenvalue weighted by Gasteiger charge is 1.97. The Morgan fingerprint density at radius 3 is 2.58 bits per heavy atom. The van der Waals surface area contributed by atoms with Gasteiger partial charge < -0.3 is 0 Å². The van der Waals surface area contributed by atoms with Crippen molar-refractivity contribution in [2.24, 2.45) is 0 Å². The van der Waals surface area contributed by atoms with E-state index in [0.717, 1.165) is 6.42 Å². The molecule has 0 saturated carbocycles. The highest BCUT2D eigenvalue weighted by atomic mass is 35.5. The van der Waals surface area contributed by atoms with E-state index in [1.54, 1.807) is 0 Å². The largest absolute Gasteiger partial charge is 0.107 e. The highest BCUT2D eigenvalue weighted by Crippen LogP contribution is 2.13. The van der Waals surface area contributed by atoms with Crippen LogP contribution < -0.4 is 0 Å². The molecule has 0 aliphatic carbocycles. The molecule has 0 fully saturated rings. The lowest BCUT2D eigenvalue weighted by molar-refractivity contribution is 0.690. The first-order chi connectivity index (χ1) is 5.77. The molecule has 0 bridgehead atoms. The predicted molar refractivity (Wildman–Crippen MR) is 62.3 cm³/mol. The monoisotopic (exact) mass is 224 g/mol. The third-order valence-electron chi connectivity index (χ3n) is 1.83. The summed E-state index contributed by atoms with van der Waals surface area (Å²) in [6.45, 7) is 3.72. The second kappa shape index (κ2) is 9.62. The molecule has 0 heterocycles. The van der Waals surface area contributed by atoms with Crippen molar-refractivity contribution in [1.82, 2.24) is 0 Å². The maximum atomic E-state index is 5.60. The Balaban J connectivity index is 2.86. The summed E-state index contributed by atoms with van der Waals surface area (Å²) in [5, 5.41) is 0. The molecule has 0 aliphatic heterocycles. The molecule has 0 radical (unpaired) electrons. The van der Waals surface area contributed by atoms with Crippen LogP contribution in [0.15, 0.2) is 12.7 Å². The molecule has 0 spiro atoms. The molecule has 72 valence electrons. The van der Waals surface area contributed by atoms with Crippen molar-refractivity contribution in [1.29, 1.82) is 0 Å². The Hall–Kier alpha value is 0.537. The first-order valence-electron chi connectivity index (χ1n) is 4.66. The number of hydrogen-bond donors (Lipinski definition) is 0. The zero-order valence-corrected chi connectivity index (χ0v) is 10.5. The van der Waals surface area contributed by atoms with E-state index in [1.807, 2.05) is 6.08 Å². The summed E-state index contributed by atoms with van der Waals surface area (Å²) >= 11 is 11.2. The van der Waals surface area contributed by atoms with Crippen molar-refractivity contribution in [3.8, 4) is 0 Å². The Bertz CT molecular complexity index is 105. The van der Waals surface area contributed by atoms with Gasteiger partial charge in [-0.05, 0) is 12.5 Å². The van der Waals surface area contributed by atoms with Gasteiger partial charge in [-0.3, -0.25) is 0 Å². The van der Waals surface area contributed by atoms with Gasteiger partial charge in [0.05, 0.1) is 0 Å². The van der Waals surface area contributed by atoms with Gasteiger partial charge in [0, 0.05) is 9.52 Å². The average molecular weight is 225 g/mol. The number of hydrogen-bond acceptors (Lipinski definition) is 0. The molecule has 0 aromatic carbocycles. The second-order valence-corrected chi connectivity index (χ2v) is 6.29. The Morgan fingerprint density at radius 2 is 2.00 bits per heavy atom. The molecular formula is C9H18Cl2Si. The smallest absolute Gasteiger partial charge is 0.105 e. The van der Waals surface area contributed by atoms with Gasteiger partial charge in [-0.25, -0.2) is 0 Å². The fourth-order valence-corrected chi connectivity index (χ4v) is 2.71. The molecule has 0 rings (SSSR count). The molecule has 3 heteroatoms. The quantitative estimate of drug-likeness (QED) is 0.256. The zero-order chi connectivity index (χ0) is 9.23. The second-order valence-electron chi connectivity index (χ2n) is 3.02. The fourth-order valence-electron chi connectivity index (χ4n) is 1.12. The number of unbranched alkanes of at least 4 members (excludes halogenated alkanes) is 2. The summed E-state index contributed by atoms with van der Waals surface area (Å²) < 4.78 is 0. The van der Waals surface area contributed by atoms with Crippen LogP contribution in [0.3, 0.4) is 0 Å². The Morgan fingerprint density at radius 1 is 1.25 bits per heavy atom. The fraction of sp³-hybridized carbons (Fsp3) is 0.778. The lowest BCUT2D eigenvalue weighted by Gasteiger charge is -2.00. The summed E-state index contributed by atoms with van der Waals surface area (Å²) in [5.74, 6) is 0. The average Bonchev–Trinajstić information content (AvgIpc) is 2.02. The number of rotatable bonds is 8.